The number of carboxylic acid groups (broad SMARTS) is 1. The molecule has 11 heavy (non-hydrogen) atoms. The Balaban J connectivity index is 0.000000134. The minimum absolute atomic E-state index is 0.833. The molecule has 0 aliphatic heterocycles. The first-order chi connectivity index (χ1) is 5.11. The number of hydrogen-bond acceptors (Lipinski definition) is 1. The summed E-state index contributed by atoms with van der Waals surface area (Å²) in [4.78, 5) is 9.00. The van der Waals surface area contributed by atoms with Crippen molar-refractivity contribution in [3.8, 4) is 0 Å². The fourth-order valence-corrected chi connectivity index (χ4v) is 1.03. The largest absolute Gasteiger partial charge is 0.481 e. The van der Waals surface area contributed by atoms with Crippen LogP contribution >= 0.6 is 11.6 Å². The summed E-state index contributed by atoms with van der Waals surface area (Å²) in [7, 11) is 0. The van der Waals surface area contributed by atoms with E-state index < -0.39 is 5.97 Å². The standard InChI is InChI=1S/C6H3Cl.C2H4O2/c7-6-3-4-1-2-5(4)6;1-2(3)4/h1-3H;1H3,(H,3,4). The zero-order chi connectivity index (χ0) is 8.43. The first kappa shape index (κ1) is 8.08. The summed E-state index contributed by atoms with van der Waals surface area (Å²) in [5.74, 6) is -0.833. The van der Waals surface area contributed by atoms with Gasteiger partial charge < -0.3 is 5.11 Å². The second-order valence-corrected chi connectivity index (χ2v) is 2.62. The van der Waals surface area contributed by atoms with E-state index >= 15 is 0 Å². The minimum Gasteiger partial charge on any atom is -0.481 e. The van der Waals surface area contributed by atoms with Gasteiger partial charge in [0.2, 0.25) is 0 Å². The second-order valence-electron chi connectivity index (χ2n) is 2.21. The van der Waals surface area contributed by atoms with Gasteiger partial charge in [-0.2, -0.15) is 0 Å². The SMILES string of the molecule is CC(=O)O.Clc1cc2ccc1=2. The first-order valence-electron chi connectivity index (χ1n) is 3.10. The summed E-state index contributed by atoms with van der Waals surface area (Å²) >= 11 is 5.60. The van der Waals surface area contributed by atoms with Gasteiger partial charge in [-0.3, -0.25) is 4.79 Å². The Morgan fingerprint density at radius 2 is 2.09 bits per heavy atom. The number of benzene rings is 1. The van der Waals surface area contributed by atoms with Crippen LogP contribution in [0.2, 0.25) is 5.02 Å². The molecule has 0 unspecified atom stereocenters. The van der Waals surface area contributed by atoms with E-state index in [0.717, 1.165) is 11.9 Å². The van der Waals surface area contributed by atoms with Crippen LogP contribution in [0.5, 0.6) is 0 Å². The summed E-state index contributed by atoms with van der Waals surface area (Å²) in [6.07, 6.45) is 0. The van der Waals surface area contributed by atoms with Gasteiger partial charge in [0.05, 0.1) is 0 Å². The van der Waals surface area contributed by atoms with Gasteiger partial charge in [-0.1, -0.05) is 23.7 Å². The van der Waals surface area contributed by atoms with Gasteiger partial charge in [-0.25, -0.2) is 0 Å². The zero-order valence-corrected chi connectivity index (χ0v) is 6.72. The topological polar surface area (TPSA) is 37.3 Å². The molecule has 0 aromatic rings. The Kier molecular flexibility index (Phi) is 2.15. The van der Waals surface area contributed by atoms with Crippen LogP contribution in [0.1, 0.15) is 6.92 Å². The molecular weight excluding hydrogens is 164 g/mol. The molecule has 2 nitrogen and oxygen atoms in total. The Hall–Kier alpha value is -1.02. The third-order valence-corrected chi connectivity index (χ3v) is 1.59. The average Bonchev–Trinajstić information content (AvgIpc) is 1.81. The highest BCUT2D eigenvalue weighted by Crippen LogP contribution is 2.20. The van der Waals surface area contributed by atoms with Crippen LogP contribution in [0, 0.1) is 10.4 Å². The van der Waals surface area contributed by atoms with E-state index in [1.165, 1.54) is 10.4 Å². The molecule has 58 valence electrons. The van der Waals surface area contributed by atoms with Crippen LogP contribution < -0.4 is 0 Å². The molecule has 0 bridgehead atoms. The number of carbonyl (C=O) groups is 1. The predicted molar refractivity (Wildman–Crippen MR) is 42.4 cm³/mol. The lowest BCUT2D eigenvalue weighted by molar-refractivity contribution is -0.134. The van der Waals surface area contributed by atoms with E-state index in [-0.39, 0.29) is 0 Å². The highest BCUT2D eigenvalue weighted by molar-refractivity contribution is 6.31. The highest BCUT2D eigenvalue weighted by Gasteiger charge is 1.99. The van der Waals surface area contributed by atoms with Crippen molar-refractivity contribution in [1.82, 2.24) is 0 Å². The van der Waals surface area contributed by atoms with E-state index in [2.05, 4.69) is 6.07 Å². The molecule has 2 rings (SSSR count). The lowest BCUT2D eigenvalue weighted by Gasteiger charge is -2.01. The Bertz CT molecular complexity index is 366. The molecule has 0 heterocycles. The molecule has 0 aromatic heterocycles. The van der Waals surface area contributed by atoms with Crippen LogP contribution in [0.25, 0.3) is 0 Å². The van der Waals surface area contributed by atoms with Gasteiger partial charge in [0.25, 0.3) is 5.97 Å². The van der Waals surface area contributed by atoms with Crippen molar-refractivity contribution in [2.75, 3.05) is 0 Å². The highest BCUT2D eigenvalue weighted by atomic mass is 35.5. The van der Waals surface area contributed by atoms with Crippen LogP contribution in [0.3, 0.4) is 0 Å². The van der Waals surface area contributed by atoms with E-state index in [1.807, 2.05) is 12.1 Å². The molecule has 0 atom stereocenters. The quantitative estimate of drug-likeness (QED) is 0.657. The summed E-state index contributed by atoms with van der Waals surface area (Å²) < 4.78 is 0. The molecule has 0 spiro atoms. The molecule has 0 amide bonds. The van der Waals surface area contributed by atoms with Crippen LogP contribution in [-0.4, -0.2) is 11.1 Å². The average molecular weight is 171 g/mol. The number of aliphatic carboxylic acids is 1. The molecule has 0 saturated carbocycles. The molecule has 1 N–H and O–H groups in total. The van der Waals surface area contributed by atoms with Crippen molar-refractivity contribution in [3.05, 3.63) is 33.7 Å². The van der Waals surface area contributed by atoms with Crippen LogP contribution in [0.4, 0.5) is 0 Å². The van der Waals surface area contributed by atoms with Gasteiger partial charge in [0, 0.05) is 17.2 Å². The maximum absolute atomic E-state index is 9.00. The fourth-order valence-electron chi connectivity index (χ4n) is 0.743. The Morgan fingerprint density at radius 3 is 2.09 bits per heavy atom. The normalized spacial score (nSPS) is 9.64. The fraction of sp³-hybridized carbons (Fsp3) is 0.125. The van der Waals surface area contributed by atoms with Crippen molar-refractivity contribution >= 4 is 17.6 Å². The first-order valence-corrected chi connectivity index (χ1v) is 3.48. The van der Waals surface area contributed by atoms with E-state index in [0.29, 0.717) is 0 Å². The van der Waals surface area contributed by atoms with Gasteiger partial charge in [0.1, 0.15) is 0 Å². The summed E-state index contributed by atoms with van der Waals surface area (Å²) in [5, 5.41) is 10.9. The molecule has 0 radical (unpaired) electrons. The van der Waals surface area contributed by atoms with Crippen molar-refractivity contribution in [2.45, 2.75) is 6.92 Å². The second kappa shape index (κ2) is 2.93. The van der Waals surface area contributed by atoms with E-state index in [9.17, 15) is 0 Å². The molecule has 0 aromatic carbocycles. The molecule has 0 saturated heterocycles. The van der Waals surface area contributed by atoms with E-state index in [1.54, 1.807) is 0 Å². The number of carboxylic acids is 1. The maximum atomic E-state index is 9.00. The van der Waals surface area contributed by atoms with Gasteiger partial charge >= 0.3 is 0 Å². The van der Waals surface area contributed by atoms with Crippen molar-refractivity contribution < 1.29 is 9.90 Å². The number of halogens is 1. The van der Waals surface area contributed by atoms with Gasteiger partial charge in [-0.05, 0) is 11.3 Å². The summed E-state index contributed by atoms with van der Waals surface area (Å²) in [6, 6.07) is 6.05. The number of hydrogen-bond donors (Lipinski definition) is 1. The monoisotopic (exact) mass is 170 g/mol. The van der Waals surface area contributed by atoms with Crippen molar-refractivity contribution in [2.24, 2.45) is 0 Å². The zero-order valence-electron chi connectivity index (χ0n) is 5.97. The lowest BCUT2D eigenvalue weighted by atomic mass is 10.1. The van der Waals surface area contributed by atoms with Gasteiger partial charge in [0.15, 0.2) is 0 Å². The van der Waals surface area contributed by atoms with Gasteiger partial charge in [-0.15, -0.1) is 0 Å². The summed E-state index contributed by atoms with van der Waals surface area (Å²) in [6.45, 7) is 1.08. The summed E-state index contributed by atoms with van der Waals surface area (Å²) in [5.41, 5.74) is 0. The van der Waals surface area contributed by atoms with E-state index in [4.69, 9.17) is 21.5 Å². The van der Waals surface area contributed by atoms with Crippen LogP contribution in [0.15, 0.2) is 18.2 Å². The van der Waals surface area contributed by atoms with Crippen molar-refractivity contribution in [3.63, 3.8) is 0 Å². The molecule has 2 aliphatic rings. The molecular formula is C8H7ClO2. The lowest BCUT2D eigenvalue weighted by Crippen LogP contribution is -1.84. The third-order valence-electron chi connectivity index (χ3n) is 1.28. The Morgan fingerprint density at radius 1 is 1.55 bits per heavy atom. The van der Waals surface area contributed by atoms with Crippen LogP contribution in [-0.2, 0) is 4.79 Å². The molecule has 2 aliphatic carbocycles. The smallest absolute Gasteiger partial charge is 0.300 e. The number of rotatable bonds is 0. The predicted octanol–water partition coefficient (Wildman–Crippen LogP) is 2.03. The molecule has 3 heteroatoms. The maximum Gasteiger partial charge on any atom is 0.300 e. The third kappa shape index (κ3) is 1.71. The van der Waals surface area contributed by atoms with Crippen molar-refractivity contribution in [1.29, 1.82) is 0 Å². The minimum atomic E-state index is -0.833. The molecule has 0 fully saturated rings. The Labute approximate surface area is 68.7 Å².